The second kappa shape index (κ2) is 6.43. The third-order valence-corrected chi connectivity index (χ3v) is 4.17. The molecule has 3 aliphatic rings. The van der Waals surface area contributed by atoms with Crippen molar-refractivity contribution in [2.45, 2.75) is 56.1 Å². The lowest BCUT2D eigenvalue weighted by molar-refractivity contribution is -0.159. The molecule has 0 aliphatic carbocycles. The first-order valence-corrected chi connectivity index (χ1v) is 7.86. The van der Waals surface area contributed by atoms with Gasteiger partial charge >= 0.3 is 12.2 Å². The van der Waals surface area contributed by atoms with Gasteiger partial charge in [-0.25, -0.2) is 9.59 Å². The van der Waals surface area contributed by atoms with E-state index in [1.54, 1.807) is 26.0 Å². The highest BCUT2D eigenvalue weighted by atomic mass is 16.8. The van der Waals surface area contributed by atoms with Gasteiger partial charge in [-0.3, -0.25) is 0 Å². The van der Waals surface area contributed by atoms with E-state index in [9.17, 15) is 9.59 Å². The van der Waals surface area contributed by atoms with Crippen molar-refractivity contribution in [3.8, 4) is 0 Å². The molecule has 134 valence electrons. The Labute approximate surface area is 145 Å². The van der Waals surface area contributed by atoms with Crippen molar-refractivity contribution in [2.75, 3.05) is 0 Å². The molecule has 8 heteroatoms. The predicted molar refractivity (Wildman–Crippen MR) is 85.6 cm³/mol. The molecule has 0 aromatic heterocycles. The van der Waals surface area contributed by atoms with Crippen LogP contribution in [0, 0.1) is 0 Å². The Morgan fingerprint density at radius 3 is 1.64 bits per heavy atom. The first-order valence-electron chi connectivity index (χ1n) is 7.86. The molecule has 8 nitrogen and oxygen atoms in total. The number of amides is 2. The first-order chi connectivity index (χ1) is 11.8. The van der Waals surface area contributed by atoms with Crippen LogP contribution in [0.4, 0.5) is 9.59 Å². The molecule has 2 amide bonds. The third kappa shape index (κ3) is 3.34. The molecule has 2 N–H and O–H groups in total. The third-order valence-electron chi connectivity index (χ3n) is 4.17. The summed E-state index contributed by atoms with van der Waals surface area (Å²) in [5, 5.41) is 5.31. The normalized spacial score (nSPS) is 38.6. The van der Waals surface area contributed by atoms with Gasteiger partial charge in [0.2, 0.25) is 0 Å². The van der Waals surface area contributed by atoms with Crippen molar-refractivity contribution in [3.63, 3.8) is 0 Å². The SMILES string of the molecule is C=C=C[C@@H]1NC(=O)O[C@H]1[C@H]1OC(C)(C)O[C@@H]1[C@@H]1OC(=O)N[C@H]1C=C=C. The van der Waals surface area contributed by atoms with E-state index in [0.29, 0.717) is 0 Å². The average Bonchev–Trinajstić information content (AvgIpc) is 3.15. The molecular weight excluding hydrogens is 328 g/mol. The van der Waals surface area contributed by atoms with Crippen molar-refractivity contribution in [1.29, 1.82) is 0 Å². The molecule has 3 aliphatic heterocycles. The number of carbonyl (C=O) groups is 2. The van der Waals surface area contributed by atoms with Gasteiger partial charge in [0.1, 0.15) is 12.2 Å². The number of carbonyl (C=O) groups excluding carboxylic acids is 2. The largest absolute Gasteiger partial charge is 0.441 e. The molecule has 3 rings (SSSR count). The molecule has 0 saturated carbocycles. The minimum atomic E-state index is -0.940. The van der Waals surface area contributed by atoms with Gasteiger partial charge in [0.05, 0.1) is 12.1 Å². The lowest BCUT2D eigenvalue weighted by Crippen LogP contribution is -2.50. The summed E-state index contributed by atoms with van der Waals surface area (Å²) in [6.45, 7) is 10.5. The van der Waals surface area contributed by atoms with E-state index in [2.05, 4.69) is 35.3 Å². The highest BCUT2D eigenvalue weighted by Gasteiger charge is 2.57. The quantitative estimate of drug-likeness (QED) is 0.740. The highest BCUT2D eigenvalue weighted by molar-refractivity contribution is 5.71. The smallest absolute Gasteiger partial charge is 0.408 e. The molecule has 3 saturated heterocycles. The molecular formula is C17H20N2O6. The Hall–Kier alpha value is -2.50. The number of nitrogens with one attached hydrogen (secondary N) is 2. The summed E-state index contributed by atoms with van der Waals surface area (Å²) in [5.41, 5.74) is 5.27. The van der Waals surface area contributed by atoms with Crippen molar-refractivity contribution in [3.05, 3.63) is 36.8 Å². The van der Waals surface area contributed by atoms with Gasteiger partial charge in [0.15, 0.2) is 18.0 Å². The Morgan fingerprint density at radius 2 is 1.28 bits per heavy atom. The molecule has 0 aromatic rings. The van der Waals surface area contributed by atoms with E-state index in [4.69, 9.17) is 18.9 Å². The van der Waals surface area contributed by atoms with Crippen molar-refractivity contribution in [1.82, 2.24) is 10.6 Å². The summed E-state index contributed by atoms with van der Waals surface area (Å²) in [4.78, 5) is 23.4. The Morgan fingerprint density at radius 1 is 0.880 bits per heavy atom. The topological polar surface area (TPSA) is 95.1 Å². The minimum Gasteiger partial charge on any atom is -0.441 e. The zero-order chi connectivity index (χ0) is 18.2. The zero-order valence-corrected chi connectivity index (χ0v) is 14.0. The summed E-state index contributed by atoms with van der Waals surface area (Å²) >= 11 is 0. The fourth-order valence-corrected chi connectivity index (χ4v) is 3.29. The van der Waals surface area contributed by atoms with Crippen molar-refractivity contribution in [2.24, 2.45) is 0 Å². The minimum absolute atomic E-state index is 0.478. The second-order valence-corrected chi connectivity index (χ2v) is 6.39. The summed E-state index contributed by atoms with van der Waals surface area (Å²) in [6, 6.07) is -0.957. The van der Waals surface area contributed by atoms with Gasteiger partial charge in [-0.1, -0.05) is 13.2 Å². The highest BCUT2D eigenvalue weighted by Crippen LogP contribution is 2.37. The molecule has 3 heterocycles. The maximum Gasteiger partial charge on any atom is 0.408 e. The molecule has 0 radical (unpaired) electrons. The van der Waals surface area contributed by atoms with E-state index < -0.39 is 54.5 Å². The standard InChI is InChI=1S/C17H20N2O6/c1-5-7-9-11(22-15(20)18-9)13-14(25-17(3,4)24-13)12-10(8-6-2)19-16(21)23-12/h7-14H,1-2H2,3-4H3,(H,18,20)(H,19,21)/t9-,10-,11+,12+,13+,14+/m0/s1. The maximum absolute atomic E-state index is 11.7. The van der Waals surface area contributed by atoms with Crippen LogP contribution in [-0.4, -0.2) is 54.5 Å². The molecule has 6 atom stereocenters. The van der Waals surface area contributed by atoms with Crippen LogP contribution in [0.3, 0.4) is 0 Å². The van der Waals surface area contributed by atoms with Crippen molar-refractivity contribution >= 4 is 12.2 Å². The van der Waals surface area contributed by atoms with E-state index in [1.165, 1.54) is 0 Å². The van der Waals surface area contributed by atoms with Crippen molar-refractivity contribution < 1.29 is 28.5 Å². The summed E-state index contributed by atoms with van der Waals surface area (Å²) < 4.78 is 22.7. The average molecular weight is 348 g/mol. The van der Waals surface area contributed by atoms with Crippen LogP contribution in [0.5, 0.6) is 0 Å². The second-order valence-electron chi connectivity index (χ2n) is 6.39. The predicted octanol–water partition coefficient (Wildman–Crippen LogP) is 1.14. The zero-order valence-electron chi connectivity index (χ0n) is 14.0. The summed E-state index contributed by atoms with van der Waals surface area (Å²) in [5.74, 6) is -0.940. The van der Waals surface area contributed by atoms with Gasteiger partial charge in [0, 0.05) is 0 Å². The number of cyclic esters (lactones) is 2. The van der Waals surface area contributed by atoms with Gasteiger partial charge < -0.3 is 29.6 Å². The fourth-order valence-electron chi connectivity index (χ4n) is 3.29. The Kier molecular flexibility index (Phi) is 4.45. The number of ether oxygens (including phenoxy) is 4. The maximum atomic E-state index is 11.7. The fraction of sp³-hybridized carbons (Fsp3) is 0.529. The first kappa shape index (κ1) is 17.3. The van der Waals surface area contributed by atoms with Crippen LogP contribution < -0.4 is 10.6 Å². The van der Waals surface area contributed by atoms with Crippen LogP contribution in [0.1, 0.15) is 13.8 Å². The summed E-state index contributed by atoms with van der Waals surface area (Å²) in [7, 11) is 0. The lowest BCUT2D eigenvalue weighted by Gasteiger charge is -2.27. The Balaban J connectivity index is 1.91. The number of hydrogen-bond acceptors (Lipinski definition) is 6. The number of alkyl carbamates (subject to hydrolysis) is 2. The molecule has 0 aromatic carbocycles. The van der Waals surface area contributed by atoms with E-state index >= 15 is 0 Å². The van der Waals surface area contributed by atoms with Gasteiger partial charge in [-0.15, -0.1) is 11.5 Å². The lowest BCUT2D eigenvalue weighted by atomic mass is 9.95. The monoisotopic (exact) mass is 348 g/mol. The van der Waals surface area contributed by atoms with Crippen LogP contribution in [0.2, 0.25) is 0 Å². The molecule has 3 fully saturated rings. The van der Waals surface area contributed by atoms with E-state index in [0.717, 1.165) is 0 Å². The molecule has 25 heavy (non-hydrogen) atoms. The van der Waals surface area contributed by atoms with E-state index in [-0.39, 0.29) is 0 Å². The molecule has 0 unspecified atom stereocenters. The molecule has 0 spiro atoms. The molecule has 0 bridgehead atoms. The number of rotatable bonds is 4. The number of hydrogen-bond donors (Lipinski definition) is 2. The van der Waals surface area contributed by atoms with Gasteiger partial charge in [-0.05, 0) is 26.0 Å². The van der Waals surface area contributed by atoms with Crippen LogP contribution in [0.15, 0.2) is 36.8 Å². The van der Waals surface area contributed by atoms with Crippen LogP contribution in [0.25, 0.3) is 0 Å². The van der Waals surface area contributed by atoms with Crippen LogP contribution in [-0.2, 0) is 18.9 Å². The Bertz CT molecular complexity index is 621. The van der Waals surface area contributed by atoms with Gasteiger partial charge in [0.25, 0.3) is 0 Å². The van der Waals surface area contributed by atoms with E-state index in [1.807, 2.05) is 0 Å². The summed E-state index contributed by atoms with van der Waals surface area (Å²) in [6.07, 6.45) is -0.663. The van der Waals surface area contributed by atoms with Crippen LogP contribution >= 0.6 is 0 Å². The van der Waals surface area contributed by atoms with Gasteiger partial charge in [-0.2, -0.15) is 0 Å².